The molecule has 0 bridgehead atoms. The van der Waals surface area contributed by atoms with E-state index in [1.807, 2.05) is 0 Å². The number of carbonyl (C=O) groups excluding carboxylic acids is 3. The number of nitrogens with zero attached hydrogens (tertiary/aromatic N) is 1. The lowest BCUT2D eigenvalue weighted by Gasteiger charge is -2.32. The fourth-order valence-corrected chi connectivity index (χ4v) is 6.25. The summed E-state index contributed by atoms with van der Waals surface area (Å²) in [5.74, 6) is 0.398. The maximum atomic E-state index is 13.1. The summed E-state index contributed by atoms with van der Waals surface area (Å²) in [5.41, 5.74) is 8.28. The summed E-state index contributed by atoms with van der Waals surface area (Å²) in [6.07, 6.45) is 4.75. The summed E-state index contributed by atoms with van der Waals surface area (Å²) in [6, 6.07) is 21.6. The Morgan fingerprint density at radius 1 is 0.911 bits per heavy atom. The molecule has 0 spiro atoms. The van der Waals surface area contributed by atoms with Crippen LogP contribution >= 0.6 is 0 Å². The minimum Gasteiger partial charge on any atom is -0.462 e. The minimum atomic E-state index is -0.397. The van der Waals surface area contributed by atoms with Gasteiger partial charge in [-0.05, 0) is 130 Å². The Kier molecular flexibility index (Phi) is 10.8. The Morgan fingerprint density at radius 3 is 2.33 bits per heavy atom. The highest BCUT2D eigenvalue weighted by molar-refractivity contribution is 5.93. The monoisotopic (exact) mass is 608 g/mol. The van der Waals surface area contributed by atoms with E-state index in [1.54, 1.807) is 31.2 Å². The number of likely N-dealkylation sites (tertiary alicyclic amines) is 1. The number of fused-ring (bicyclic) bond motifs is 1. The standard InChI is InChI=1S/C38H44N2O5/c1-4-44-38(43)30-13-15-33(16-14-30)39-35(41)11-8-12-36(42)45-37-32(24-31-21-26(2)27(3)22-34(31)37)23-28-17-19-40(20-18-28)25-29-9-6-5-7-10-29/h5-7,9-10,13-16,21-22,28H,4,8,11-12,17-20,23-25H2,1-3H3,(H,39,41). The Hall–Kier alpha value is -4.23. The van der Waals surface area contributed by atoms with Gasteiger partial charge in [0.2, 0.25) is 5.91 Å². The number of benzene rings is 3. The first-order valence-electron chi connectivity index (χ1n) is 16.2. The second-order valence-electron chi connectivity index (χ2n) is 12.3. The van der Waals surface area contributed by atoms with Crippen LogP contribution in [-0.4, -0.2) is 42.4 Å². The summed E-state index contributed by atoms with van der Waals surface area (Å²) in [4.78, 5) is 40.0. The number of rotatable bonds is 12. The SMILES string of the molecule is CCOC(=O)c1ccc(NC(=O)CCCC(=O)OC2=C(CC3CCN(Cc4ccccc4)CC3)Cc3cc(C)c(C)cc32)cc1. The number of ether oxygens (including phenoxy) is 2. The van der Waals surface area contributed by atoms with Gasteiger partial charge in [0.15, 0.2) is 0 Å². The number of amides is 1. The van der Waals surface area contributed by atoms with Crippen LogP contribution in [0.3, 0.4) is 0 Å². The number of hydrogen-bond acceptors (Lipinski definition) is 6. The van der Waals surface area contributed by atoms with Gasteiger partial charge in [0.05, 0.1) is 12.2 Å². The van der Waals surface area contributed by atoms with Crippen molar-refractivity contribution >= 4 is 29.3 Å². The van der Waals surface area contributed by atoms with E-state index in [0.29, 0.717) is 30.2 Å². The number of anilines is 1. The topological polar surface area (TPSA) is 84.9 Å². The van der Waals surface area contributed by atoms with Crippen molar-refractivity contribution < 1.29 is 23.9 Å². The van der Waals surface area contributed by atoms with Crippen LogP contribution in [0.15, 0.2) is 72.3 Å². The molecule has 1 aliphatic carbocycles. The second-order valence-corrected chi connectivity index (χ2v) is 12.3. The average Bonchev–Trinajstić information content (AvgIpc) is 3.34. The molecular weight excluding hydrogens is 564 g/mol. The fraction of sp³-hybridized carbons (Fsp3) is 0.395. The van der Waals surface area contributed by atoms with Crippen molar-refractivity contribution in [2.75, 3.05) is 25.0 Å². The van der Waals surface area contributed by atoms with Crippen molar-refractivity contribution in [1.82, 2.24) is 4.90 Å². The van der Waals surface area contributed by atoms with Gasteiger partial charge in [-0.15, -0.1) is 0 Å². The number of carbonyl (C=O) groups is 3. The van der Waals surface area contributed by atoms with Crippen LogP contribution in [0.2, 0.25) is 0 Å². The normalized spacial score (nSPS) is 15.1. The van der Waals surface area contributed by atoms with Crippen molar-refractivity contribution in [1.29, 1.82) is 0 Å². The maximum Gasteiger partial charge on any atom is 0.338 e. The summed E-state index contributed by atoms with van der Waals surface area (Å²) in [7, 11) is 0. The third kappa shape index (κ3) is 8.70. The molecule has 3 aromatic carbocycles. The van der Waals surface area contributed by atoms with Gasteiger partial charge in [0.1, 0.15) is 5.76 Å². The van der Waals surface area contributed by atoms with Crippen molar-refractivity contribution in [3.63, 3.8) is 0 Å². The molecule has 2 aliphatic rings. The summed E-state index contributed by atoms with van der Waals surface area (Å²) >= 11 is 0. The zero-order valence-corrected chi connectivity index (χ0v) is 26.7. The zero-order chi connectivity index (χ0) is 31.8. The Bertz CT molecular complexity index is 1540. The predicted octanol–water partition coefficient (Wildman–Crippen LogP) is 7.40. The van der Waals surface area contributed by atoms with Gasteiger partial charge in [0.25, 0.3) is 0 Å². The highest BCUT2D eigenvalue weighted by Crippen LogP contribution is 2.40. The number of hydrogen-bond donors (Lipinski definition) is 1. The smallest absolute Gasteiger partial charge is 0.338 e. The zero-order valence-electron chi connectivity index (χ0n) is 26.7. The number of nitrogens with one attached hydrogen (secondary N) is 1. The van der Waals surface area contributed by atoms with Crippen LogP contribution in [0, 0.1) is 19.8 Å². The summed E-state index contributed by atoms with van der Waals surface area (Å²) < 4.78 is 11.1. The number of esters is 2. The lowest BCUT2D eigenvalue weighted by Crippen LogP contribution is -2.33. The molecule has 0 atom stereocenters. The molecule has 1 N–H and O–H groups in total. The molecule has 1 saturated heterocycles. The fourth-order valence-electron chi connectivity index (χ4n) is 6.25. The van der Waals surface area contributed by atoms with E-state index in [9.17, 15) is 14.4 Å². The maximum absolute atomic E-state index is 13.1. The highest BCUT2D eigenvalue weighted by atomic mass is 16.5. The lowest BCUT2D eigenvalue weighted by molar-refractivity contribution is -0.136. The van der Waals surface area contributed by atoms with E-state index in [0.717, 1.165) is 56.6 Å². The molecule has 1 heterocycles. The molecule has 3 aromatic rings. The van der Waals surface area contributed by atoms with Crippen LogP contribution in [-0.2, 0) is 32.0 Å². The van der Waals surface area contributed by atoms with Crippen LogP contribution in [0.5, 0.6) is 0 Å². The van der Waals surface area contributed by atoms with Crippen molar-refractivity contribution in [2.24, 2.45) is 5.92 Å². The molecule has 7 nitrogen and oxygen atoms in total. The molecular formula is C38H44N2O5. The van der Waals surface area contributed by atoms with Crippen molar-refractivity contribution in [2.45, 2.75) is 72.3 Å². The van der Waals surface area contributed by atoms with E-state index in [1.165, 1.54) is 27.8 Å². The molecule has 236 valence electrons. The molecule has 1 aliphatic heterocycles. The summed E-state index contributed by atoms with van der Waals surface area (Å²) in [6.45, 7) is 9.42. The van der Waals surface area contributed by atoms with Crippen LogP contribution < -0.4 is 5.32 Å². The van der Waals surface area contributed by atoms with Gasteiger partial charge in [0, 0.05) is 30.6 Å². The number of aryl methyl sites for hydroxylation is 2. The van der Waals surface area contributed by atoms with Gasteiger partial charge in [-0.1, -0.05) is 36.4 Å². The minimum absolute atomic E-state index is 0.157. The van der Waals surface area contributed by atoms with E-state index in [2.05, 4.69) is 66.5 Å². The van der Waals surface area contributed by atoms with Gasteiger partial charge in [-0.25, -0.2) is 4.79 Å². The van der Waals surface area contributed by atoms with Crippen LogP contribution in [0.25, 0.3) is 5.76 Å². The molecule has 0 unspecified atom stereocenters. The van der Waals surface area contributed by atoms with Crippen molar-refractivity contribution in [3.8, 4) is 0 Å². The first-order valence-corrected chi connectivity index (χ1v) is 16.2. The van der Waals surface area contributed by atoms with E-state index in [-0.39, 0.29) is 24.7 Å². The van der Waals surface area contributed by atoms with Gasteiger partial charge in [-0.2, -0.15) is 0 Å². The largest absolute Gasteiger partial charge is 0.462 e. The first kappa shape index (κ1) is 32.2. The molecule has 0 saturated carbocycles. The number of allylic oxidation sites excluding steroid dienone is 1. The van der Waals surface area contributed by atoms with E-state index in [4.69, 9.17) is 9.47 Å². The average molecular weight is 609 g/mol. The second kappa shape index (κ2) is 15.2. The highest BCUT2D eigenvalue weighted by Gasteiger charge is 2.29. The van der Waals surface area contributed by atoms with E-state index >= 15 is 0 Å². The first-order chi connectivity index (χ1) is 21.8. The Morgan fingerprint density at radius 2 is 1.62 bits per heavy atom. The molecule has 0 radical (unpaired) electrons. The van der Waals surface area contributed by atoms with Gasteiger partial charge < -0.3 is 14.8 Å². The Balaban J connectivity index is 1.15. The molecule has 5 rings (SSSR count). The van der Waals surface area contributed by atoms with E-state index < -0.39 is 5.97 Å². The molecule has 7 heteroatoms. The van der Waals surface area contributed by atoms with Gasteiger partial charge >= 0.3 is 11.9 Å². The quantitative estimate of drug-likeness (QED) is 0.216. The molecule has 1 amide bonds. The molecule has 0 aromatic heterocycles. The third-order valence-corrected chi connectivity index (χ3v) is 8.86. The summed E-state index contributed by atoms with van der Waals surface area (Å²) in [5, 5.41) is 2.82. The predicted molar refractivity (Wildman–Crippen MR) is 177 cm³/mol. The molecule has 45 heavy (non-hydrogen) atoms. The van der Waals surface area contributed by atoms with Crippen LogP contribution in [0.4, 0.5) is 5.69 Å². The van der Waals surface area contributed by atoms with Crippen molar-refractivity contribution in [3.05, 3.63) is 106 Å². The van der Waals surface area contributed by atoms with Gasteiger partial charge in [-0.3, -0.25) is 14.5 Å². The molecule has 1 fully saturated rings. The van der Waals surface area contributed by atoms with Crippen LogP contribution in [0.1, 0.15) is 83.6 Å². The number of piperidine rings is 1. The third-order valence-electron chi connectivity index (χ3n) is 8.86. The Labute approximate surface area is 266 Å². The lowest BCUT2D eigenvalue weighted by atomic mass is 9.89.